The normalized spacial score (nSPS) is 28.4. The molecule has 0 heterocycles. The van der Waals surface area contributed by atoms with E-state index in [1.54, 1.807) is 7.11 Å². The summed E-state index contributed by atoms with van der Waals surface area (Å²) in [4.78, 5) is 0. The number of rotatable bonds is 2. The van der Waals surface area contributed by atoms with Gasteiger partial charge < -0.3 is 4.74 Å². The van der Waals surface area contributed by atoms with Crippen molar-refractivity contribution in [2.45, 2.75) is 44.9 Å². The van der Waals surface area contributed by atoms with Crippen LogP contribution in [0.3, 0.4) is 0 Å². The van der Waals surface area contributed by atoms with E-state index in [4.69, 9.17) is 16.3 Å². The molecule has 94 valence electrons. The molecular weight excluding hydrogens is 232 g/mol. The number of hydrogen-bond acceptors (Lipinski definition) is 1. The smallest absolute Gasteiger partial charge is 0.122 e. The largest absolute Gasteiger partial charge is 0.496 e. The number of benzene rings is 1. The van der Waals surface area contributed by atoms with Crippen molar-refractivity contribution in [3.63, 3.8) is 0 Å². The van der Waals surface area contributed by atoms with Crippen LogP contribution in [0.5, 0.6) is 5.75 Å². The van der Waals surface area contributed by atoms with Gasteiger partial charge in [-0.25, -0.2) is 0 Å². The van der Waals surface area contributed by atoms with Crippen molar-refractivity contribution in [3.8, 4) is 5.75 Å². The highest BCUT2D eigenvalue weighted by Crippen LogP contribution is 2.44. The topological polar surface area (TPSA) is 9.23 Å². The van der Waals surface area contributed by atoms with Gasteiger partial charge in [0.25, 0.3) is 0 Å². The second kappa shape index (κ2) is 4.89. The van der Waals surface area contributed by atoms with Gasteiger partial charge >= 0.3 is 0 Å². The van der Waals surface area contributed by atoms with E-state index in [9.17, 15) is 0 Å². The number of hydrogen-bond donors (Lipinski definition) is 0. The van der Waals surface area contributed by atoms with Gasteiger partial charge in [-0.1, -0.05) is 13.0 Å². The second-order valence-electron chi connectivity index (χ2n) is 5.24. The van der Waals surface area contributed by atoms with Crippen LogP contribution >= 0.6 is 11.6 Å². The highest BCUT2D eigenvalue weighted by Gasteiger charge is 2.33. The number of aryl methyl sites for hydroxylation is 2. The molecule has 3 unspecified atom stereocenters. The fourth-order valence-corrected chi connectivity index (χ4v) is 3.29. The first-order chi connectivity index (χ1) is 8.04. The van der Waals surface area contributed by atoms with Gasteiger partial charge in [-0.15, -0.1) is 11.6 Å². The Morgan fingerprint density at radius 3 is 2.41 bits per heavy atom. The third-order valence-electron chi connectivity index (χ3n) is 4.14. The van der Waals surface area contributed by atoms with E-state index in [2.05, 4.69) is 32.9 Å². The molecule has 1 aromatic carbocycles. The Bertz CT molecular complexity index is 414. The van der Waals surface area contributed by atoms with E-state index in [1.807, 2.05) is 0 Å². The predicted molar refractivity (Wildman–Crippen MR) is 73.2 cm³/mol. The SMILES string of the molecule is COc1cc(C)c(C2CCC(Cl)C2C)cc1C. The number of methoxy groups -OCH3 is 1. The molecule has 1 aromatic rings. The summed E-state index contributed by atoms with van der Waals surface area (Å²) in [6.45, 7) is 6.56. The minimum atomic E-state index is 0.335. The first-order valence-corrected chi connectivity index (χ1v) is 6.77. The lowest BCUT2D eigenvalue weighted by molar-refractivity contribution is 0.410. The lowest BCUT2D eigenvalue weighted by Crippen LogP contribution is -2.11. The maximum absolute atomic E-state index is 6.33. The summed E-state index contributed by atoms with van der Waals surface area (Å²) in [5, 5.41) is 0.335. The number of ether oxygens (including phenoxy) is 1. The third kappa shape index (κ3) is 2.30. The first-order valence-electron chi connectivity index (χ1n) is 6.33. The molecule has 0 saturated heterocycles. The standard InChI is InChI=1S/C15H21ClO/c1-9-8-15(17-4)10(2)7-13(9)12-5-6-14(16)11(12)3/h7-8,11-12,14H,5-6H2,1-4H3. The van der Waals surface area contributed by atoms with Gasteiger partial charge in [0.2, 0.25) is 0 Å². The van der Waals surface area contributed by atoms with Gasteiger partial charge in [-0.3, -0.25) is 0 Å². The van der Waals surface area contributed by atoms with Gasteiger partial charge in [0.1, 0.15) is 5.75 Å². The molecule has 0 aromatic heterocycles. The van der Waals surface area contributed by atoms with Crippen LogP contribution in [-0.2, 0) is 0 Å². The molecule has 2 heteroatoms. The van der Waals surface area contributed by atoms with Gasteiger partial charge in [0.15, 0.2) is 0 Å². The quantitative estimate of drug-likeness (QED) is 0.708. The minimum absolute atomic E-state index is 0.335. The Morgan fingerprint density at radius 1 is 1.18 bits per heavy atom. The van der Waals surface area contributed by atoms with Crippen LogP contribution in [0.1, 0.15) is 42.4 Å². The number of alkyl halides is 1. The van der Waals surface area contributed by atoms with E-state index < -0.39 is 0 Å². The molecule has 1 nitrogen and oxygen atoms in total. The van der Waals surface area contributed by atoms with E-state index in [-0.39, 0.29) is 0 Å². The highest BCUT2D eigenvalue weighted by molar-refractivity contribution is 6.21. The molecule has 0 bridgehead atoms. The van der Waals surface area contributed by atoms with E-state index in [0.717, 1.165) is 12.2 Å². The summed E-state index contributed by atoms with van der Waals surface area (Å²) in [6.07, 6.45) is 2.35. The lowest BCUT2D eigenvalue weighted by atomic mass is 9.86. The Kier molecular flexibility index (Phi) is 3.67. The van der Waals surface area contributed by atoms with Crippen LogP contribution in [0.15, 0.2) is 12.1 Å². The molecule has 0 amide bonds. The van der Waals surface area contributed by atoms with Crippen LogP contribution in [0, 0.1) is 19.8 Å². The molecule has 2 rings (SSSR count). The Balaban J connectivity index is 2.36. The van der Waals surface area contributed by atoms with Crippen LogP contribution in [0.25, 0.3) is 0 Å². The van der Waals surface area contributed by atoms with Crippen molar-refractivity contribution in [2.24, 2.45) is 5.92 Å². The number of halogens is 1. The Labute approximate surface area is 109 Å². The van der Waals surface area contributed by atoms with Crippen molar-refractivity contribution < 1.29 is 4.74 Å². The minimum Gasteiger partial charge on any atom is -0.496 e. The van der Waals surface area contributed by atoms with Gasteiger partial charge in [0.05, 0.1) is 7.11 Å². The van der Waals surface area contributed by atoms with Crippen molar-refractivity contribution in [1.29, 1.82) is 0 Å². The molecule has 17 heavy (non-hydrogen) atoms. The molecule has 1 aliphatic carbocycles. The average molecular weight is 253 g/mol. The summed E-state index contributed by atoms with van der Waals surface area (Å²) in [5.74, 6) is 2.17. The van der Waals surface area contributed by atoms with Crippen LogP contribution in [0.4, 0.5) is 0 Å². The second-order valence-corrected chi connectivity index (χ2v) is 5.80. The monoisotopic (exact) mass is 252 g/mol. The van der Waals surface area contributed by atoms with Crippen molar-refractivity contribution in [1.82, 2.24) is 0 Å². The van der Waals surface area contributed by atoms with Crippen LogP contribution in [-0.4, -0.2) is 12.5 Å². The van der Waals surface area contributed by atoms with Gasteiger partial charge in [-0.2, -0.15) is 0 Å². The summed E-state index contributed by atoms with van der Waals surface area (Å²) in [6, 6.07) is 4.43. The Morgan fingerprint density at radius 2 is 1.88 bits per heavy atom. The summed E-state index contributed by atoms with van der Waals surface area (Å²) >= 11 is 6.33. The van der Waals surface area contributed by atoms with Crippen LogP contribution in [0.2, 0.25) is 0 Å². The van der Waals surface area contributed by atoms with E-state index in [0.29, 0.717) is 17.2 Å². The molecule has 0 N–H and O–H groups in total. The third-order valence-corrected chi connectivity index (χ3v) is 4.76. The molecule has 1 saturated carbocycles. The van der Waals surface area contributed by atoms with Gasteiger partial charge in [-0.05, 0) is 61.3 Å². The first kappa shape index (κ1) is 12.8. The maximum atomic E-state index is 6.33. The molecule has 3 atom stereocenters. The van der Waals surface area contributed by atoms with Crippen molar-refractivity contribution in [2.75, 3.05) is 7.11 Å². The molecule has 0 radical (unpaired) electrons. The van der Waals surface area contributed by atoms with Crippen molar-refractivity contribution >= 4 is 11.6 Å². The van der Waals surface area contributed by atoms with E-state index >= 15 is 0 Å². The highest BCUT2D eigenvalue weighted by atomic mass is 35.5. The fourth-order valence-electron chi connectivity index (χ4n) is 2.99. The molecule has 0 spiro atoms. The molecule has 0 aliphatic heterocycles. The zero-order valence-corrected chi connectivity index (χ0v) is 11.8. The van der Waals surface area contributed by atoms with E-state index in [1.165, 1.54) is 23.1 Å². The Hall–Kier alpha value is -0.690. The lowest BCUT2D eigenvalue weighted by Gasteiger charge is -2.21. The summed E-state index contributed by atoms with van der Waals surface area (Å²) in [5.41, 5.74) is 4.01. The predicted octanol–water partition coefficient (Wildman–Crippen LogP) is 4.43. The maximum Gasteiger partial charge on any atom is 0.122 e. The zero-order valence-electron chi connectivity index (χ0n) is 11.1. The van der Waals surface area contributed by atoms with Gasteiger partial charge in [0, 0.05) is 5.38 Å². The molecule has 1 fully saturated rings. The van der Waals surface area contributed by atoms with Crippen molar-refractivity contribution in [3.05, 3.63) is 28.8 Å². The molecular formula is C15H21ClO. The zero-order chi connectivity index (χ0) is 12.6. The molecule has 1 aliphatic rings. The fraction of sp³-hybridized carbons (Fsp3) is 0.600. The summed E-state index contributed by atoms with van der Waals surface area (Å²) in [7, 11) is 1.73. The average Bonchev–Trinajstić information content (AvgIpc) is 2.63. The summed E-state index contributed by atoms with van der Waals surface area (Å²) < 4.78 is 5.37. The van der Waals surface area contributed by atoms with Crippen LogP contribution < -0.4 is 4.74 Å².